The molecule has 0 saturated carbocycles. The second-order valence-electron chi connectivity index (χ2n) is 5.15. The Balaban J connectivity index is 0. The third kappa shape index (κ3) is 11.1. The fourth-order valence-electron chi connectivity index (χ4n) is 2.12. The van der Waals surface area contributed by atoms with Gasteiger partial charge in [-0.05, 0) is 18.9 Å². The second kappa shape index (κ2) is 12.9. The van der Waals surface area contributed by atoms with Crippen molar-refractivity contribution < 1.29 is 108 Å². The summed E-state index contributed by atoms with van der Waals surface area (Å²) in [5.74, 6) is 0.00772. The predicted octanol–water partition coefficient (Wildman–Crippen LogP) is -11.0. The zero-order chi connectivity index (χ0) is 20.5. The molecule has 0 aromatic carbocycles. The van der Waals surface area contributed by atoms with E-state index >= 15 is 0 Å². The summed E-state index contributed by atoms with van der Waals surface area (Å²) in [6.07, 6.45) is 0.221. The number of nitrogens with zero attached hydrogens (tertiary/aromatic N) is 2. The van der Waals surface area contributed by atoms with Gasteiger partial charge in [0.15, 0.2) is 0 Å². The van der Waals surface area contributed by atoms with Crippen LogP contribution >= 0.6 is 23.5 Å². The van der Waals surface area contributed by atoms with E-state index in [1.807, 2.05) is 0 Å². The van der Waals surface area contributed by atoms with Crippen LogP contribution in [-0.4, -0.2) is 27.2 Å². The Labute approximate surface area is 206 Å². The van der Waals surface area contributed by atoms with Crippen molar-refractivity contribution in [1.29, 1.82) is 0 Å². The van der Waals surface area contributed by atoms with E-state index in [1.54, 1.807) is 0 Å². The van der Waals surface area contributed by atoms with Gasteiger partial charge in [0, 0.05) is 6.20 Å². The number of nitrogen functional groups attached to an aromatic ring is 1. The van der Waals surface area contributed by atoms with Gasteiger partial charge in [0.1, 0.15) is 12.0 Å². The van der Waals surface area contributed by atoms with Crippen LogP contribution in [0.1, 0.15) is 19.1 Å². The molecule has 3 N–H and O–H groups in total. The molecule has 1 saturated heterocycles. The quantitative estimate of drug-likeness (QED) is 0.266. The molecule has 0 spiro atoms. The number of anilines is 1. The molecule has 15 nitrogen and oxygen atoms in total. The van der Waals surface area contributed by atoms with Crippen LogP contribution in [0.3, 0.4) is 0 Å². The summed E-state index contributed by atoms with van der Waals surface area (Å²) < 4.78 is 50.3. The van der Waals surface area contributed by atoms with Crippen molar-refractivity contribution in [2.24, 2.45) is 0 Å². The largest absolute Gasteiger partial charge is 1.00 e. The zero-order valence-corrected chi connectivity index (χ0v) is 18.9. The van der Waals surface area contributed by atoms with Gasteiger partial charge in [-0.3, -0.25) is 18.3 Å². The summed E-state index contributed by atoms with van der Waals surface area (Å²) >= 11 is 0. The summed E-state index contributed by atoms with van der Waals surface area (Å²) in [6.45, 7) is -0.692. The molecule has 1 aromatic rings. The predicted molar refractivity (Wildman–Crippen MR) is 79.2 cm³/mol. The van der Waals surface area contributed by atoms with E-state index in [2.05, 4.69) is 18.1 Å². The molecule has 0 radical (unpaired) electrons. The molecule has 1 aliphatic rings. The first-order chi connectivity index (χ1) is 12.3. The molecule has 21 heteroatoms. The molecule has 0 aliphatic carbocycles. The minimum Gasteiger partial charge on any atom is -0.756 e. The van der Waals surface area contributed by atoms with Crippen molar-refractivity contribution in [3.63, 3.8) is 0 Å². The third-order valence-corrected chi connectivity index (χ3v) is 6.76. The van der Waals surface area contributed by atoms with Gasteiger partial charge in [0.25, 0.3) is 23.5 Å². The van der Waals surface area contributed by atoms with Gasteiger partial charge >= 0.3 is 62.3 Å². The molecule has 30 heavy (non-hydrogen) atoms. The Morgan fingerprint density at radius 3 is 2.30 bits per heavy atom. The average Bonchev–Trinajstić information content (AvgIpc) is 2.90. The number of rotatable bonds is 8. The molecule has 154 valence electrons. The molecular weight excluding hydrogens is 456 g/mol. The Bertz CT molecular complexity index is 896. The molecular formula is C9H13Li3N3O12P3. The molecule has 1 aromatic heterocycles. The van der Waals surface area contributed by atoms with Gasteiger partial charge < -0.3 is 34.6 Å². The minimum atomic E-state index is -5.95. The SMILES string of the molecule is Nc1ccn([C@H]2CC[C@@H](COP(=O)([O-])OP(=O)([O-])OP(=O)([O-])O)O2)c(=O)n1.[Li+].[Li+].[Li+]. The van der Waals surface area contributed by atoms with E-state index in [1.165, 1.54) is 12.3 Å². The van der Waals surface area contributed by atoms with E-state index < -0.39 is 48.1 Å². The normalized spacial score (nSPS) is 24.1. The van der Waals surface area contributed by atoms with Crippen LogP contribution in [0.4, 0.5) is 5.82 Å². The first-order valence-corrected chi connectivity index (χ1v) is 11.4. The summed E-state index contributed by atoms with van der Waals surface area (Å²) in [4.78, 5) is 56.4. The molecule has 3 unspecified atom stereocenters. The number of aromatic nitrogens is 2. The van der Waals surface area contributed by atoms with E-state index in [-0.39, 0.29) is 75.2 Å². The second-order valence-corrected chi connectivity index (χ2v) is 9.44. The van der Waals surface area contributed by atoms with Crippen molar-refractivity contribution in [3.8, 4) is 0 Å². The first-order valence-electron chi connectivity index (χ1n) is 7.00. The van der Waals surface area contributed by atoms with Crippen LogP contribution < -0.4 is 82.7 Å². The van der Waals surface area contributed by atoms with Crippen LogP contribution in [0.2, 0.25) is 0 Å². The zero-order valence-electron chi connectivity index (χ0n) is 16.2. The maximum Gasteiger partial charge on any atom is 1.00 e. The Kier molecular flexibility index (Phi) is 14.2. The van der Waals surface area contributed by atoms with Crippen LogP contribution in [-0.2, 0) is 31.6 Å². The smallest absolute Gasteiger partial charge is 0.756 e. The van der Waals surface area contributed by atoms with Crippen molar-refractivity contribution in [2.75, 3.05) is 12.3 Å². The van der Waals surface area contributed by atoms with Gasteiger partial charge in [-0.2, -0.15) is 4.98 Å². The van der Waals surface area contributed by atoms with Crippen molar-refractivity contribution >= 4 is 29.3 Å². The van der Waals surface area contributed by atoms with E-state index in [0.29, 0.717) is 0 Å². The van der Waals surface area contributed by atoms with Crippen LogP contribution in [0, 0.1) is 0 Å². The third-order valence-electron chi connectivity index (χ3n) is 3.07. The van der Waals surface area contributed by atoms with Crippen molar-refractivity contribution in [3.05, 3.63) is 22.7 Å². The summed E-state index contributed by atoms with van der Waals surface area (Å²) in [7, 11) is -17.3. The minimum absolute atomic E-state index is 0. The summed E-state index contributed by atoms with van der Waals surface area (Å²) in [5.41, 5.74) is 4.68. The van der Waals surface area contributed by atoms with Gasteiger partial charge in [-0.1, -0.05) is 0 Å². The summed E-state index contributed by atoms with van der Waals surface area (Å²) in [5, 5.41) is 0. The number of hydrogen-bond acceptors (Lipinski definition) is 13. The fourth-order valence-corrected chi connectivity index (χ4v) is 5.04. The maximum absolute atomic E-state index is 11.7. The van der Waals surface area contributed by atoms with Gasteiger partial charge in [-0.15, -0.1) is 0 Å². The topological polar surface area (TPSA) is 238 Å². The fraction of sp³-hybridized carbons (Fsp3) is 0.556. The van der Waals surface area contributed by atoms with Crippen molar-refractivity contribution in [2.45, 2.75) is 25.2 Å². The van der Waals surface area contributed by atoms with E-state index in [0.717, 1.165) is 4.57 Å². The molecule has 0 amide bonds. The molecule has 2 heterocycles. The number of phosphoric ester groups is 1. The Hall–Kier alpha value is 0.842. The number of nitrogens with two attached hydrogens (primary N) is 1. The number of hydrogen-bond donors (Lipinski definition) is 2. The van der Waals surface area contributed by atoms with Gasteiger partial charge in [0.2, 0.25) is 0 Å². The standard InChI is InChI=1S/C9H16N3O12P3.3Li/c10-7-3-4-12(9(13)11-7)8-2-1-6(22-8)5-21-26(17,18)24-27(19,20)23-25(14,15)16;;;/h3-4,6,8H,1-2,5H2,(H,17,18)(H,19,20)(H2,10,11,13)(H2,14,15,16);;;/q;3*+1/p-3/t6-,8+;;;/m0.../s1. The molecule has 1 fully saturated rings. The first kappa shape index (κ1) is 33.0. The molecule has 1 aliphatic heterocycles. The molecule has 0 bridgehead atoms. The van der Waals surface area contributed by atoms with E-state index in [9.17, 15) is 33.2 Å². The Morgan fingerprint density at radius 1 is 1.17 bits per heavy atom. The molecule has 2 rings (SSSR count). The van der Waals surface area contributed by atoms with Crippen molar-refractivity contribution in [1.82, 2.24) is 9.55 Å². The van der Waals surface area contributed by atoms with Crippen LogP contribution in [0.5, 0.6) is 0 Å². The average molecular weight is 469 g/mol. The van der Waals surface area contributed by atoms with Crippen LogP contribution in [0.15, 0.2) is 17.1 Å². The van der Waals surface area contributed by atoms with Gasteiger partial charge in [0.05, 0.1) is 12.7 Å². The van der Waals surface area contributed by atoms with Crippen LogP contribution in [0.25, 0.3) is 0 Å². The number of phosphoric acid groups is 3. The Morgan fingerprint density at radius 2 is 1.77 bits per heavy atom. The monoisotopic (exact) mass is 469 g/mol. The molecule has 5 atom stereocenters. The number of ether oxygens (including phenoxy) is 1. The summed E-state index contributed by atoms with van der Waals surface area (Å²) in [6, 6.07) is 1.36. The maximum atomic E-state index is 11.7. The van der Waals surface area contributed by atoms with E-state index in [4.69, 9.17) is 15.4 Å². The van der Waals surface area contributed by atoms with Gasteiger partial charge in [-0.25, -0.2) is 13.4 Å².